The maximum atomic E-state index is 12.2. The van der Waals surface area contributed by atoms with Crippen LogP contribution in [0.1, 0.15) is 36.8 Å². The highest BCUT2D eigenvalue weighted by Gasteiger charge is 2.39. The molecule has 0 bridgehead atoms. The normalized spacial score (nSPS) is 31.2. The summed E-state index contributed by atoms with van der Waals surface area (Å²) < 4.78 is 7.26. The van der Waals surface area contributed by atoms with Crippen molar-refractivity contribution in [3.63, 3.8) is 0 Å². The van der Waals surface area contributed by atoms with E-state index in [4.69, 9.17) is 4.74 Å². The van der Waals surface area contributed by atoms with Crippen molar-refractivity contribution in [3.05, 3.63) is 11.9 Å². The summed E-state index contributed by atoms with van der Waals surface area (Å²) in [4.78, 5) is 12.2. The third kappa shape index (κ3) is 2.23. The maximum Gasteiger partial charge on any atom is 0.273 e. The van der Waals surface area contributed by atoms with Gasteiger partial charge in [0.1, 0.15) is 0 Å². The largest absolute Gasteiger partial charge is 0.376 e. The predicted molar refractivity (Wildman–Crippen MR) is 67.8 cm³/mol. The van der Waals surface area contributed by atoms with Gasteiger partial charge < -0.3 is 15.4 Å². The van der Waals surface area contributed by atoms with Crippen LogP contribution >= 0.6 is 0 Å². The Morgan fingerprint density at radius 1 is 1.63 bits per heavy atom. The summed E-state index contributed by atoms with van der Waals surface area (Å²) in [6, 6.07) is 0.318. The van der Waals surface area contributed by atoms with E-state index in [0.29, 0.717) is 18.3 Å². The van der Waals surface area contributed by atoms with Crippen LogP contribution in [0, 0.1) is 0 Å². The Labute approximate surface area is 111 Å². The summed E-state index contributed by atoms with van der Waals surface area (Å²) in [7, 11) is 0. The number of nitrogens with one attached hydrogen (secondary N) is 2. The molecule has 2 atom stereocenters. The Bertz CT molecular complexity index is 484. The quantitative estimate of drug-likeness (QED) is 0.785. The Morgan fingerprint density at radius 2 is 2.42 bits per heavy atom. The number of carbonyl (C=O) groups excluding carboxylic acids is 1. The molecule has 0 radical (unpaired) electrons. The first-order valence-electron chi connectivity index (χ1n) is 6.65. The highest BCUT2D eigenvalue weighted by Crippen LogP contribution is 2.25. The van der Waals surface area contributed by atoms with Crippen molar-refractivity contribution >= 4 is 5.91 Å². The molecule has 2 unspecified atom stereocenters. The van der Waals surface area contributed by atoms with Crippen molar-refractivity contribution in [2.24, 2.45) is 0 Å². The fraction of sp³-hybridized carbons (Fsp3) is 0.750. The molecule has 7 nitrogen and oxygen atoms in total. The van der Waals surface area contributed by atoms with Crippen LogP contribution < -0.4 is 10.6 Å². The first-order valence-corrected chi connectivity index (χ1v) is 6.65. The van der Waals surface area contributed by atoms with E-state index in [2.05, 4.69) is 20.9 Å². The molecule has 0 aromatic carbocycles. The molecule has 2 saturated heterocycles. The van der Waals surface area contributed by atoms with Crippen LogP contribution in [0.3, 0.4) is 0 Å². The lowest BCUT2D eigenvalue weighted by molar-refractivity contribution is 0.0724. The second-order valence-electron chi connectivity index (χ2n) is 5.53. The molecule has 1 amide bonds. The molecule has 0 saturated carbocycles. The molecular weight excluding hydrogens is 246 g/mol. The number of ether oxygens (including phenoxy) is 1. The molecule has 104 valence electrons. The number of hydrogen-bond acceptors (Lipinski definition) is 5. The zero-order valence-corrected chi connectivity index (χ0v) is 11.2. The van der Waals surface area contributed by atoms with Crippen LogP contribution in [0.5, 0.6) is 0 Å². The van der Waals surface area contributed by atoms with E-state index in [1.165, 1.54) is 0 Å². The Kier molecular flexibility index (Phi) is 3.02. The number of nitrogens with zero attached hydrogens (tertiary/aromatic N) is 3. The van der Waals surface area contributed by atoms with Crippen LogP contribution in [-0.4, -0.2) is 52.2 Å². The molecule has 1 aromatic rings. The molecule has 7 heteroatoms. The van der Waals surface area contributed by atoms with Crippen molar-refractivity contribution < 1.29 is 9.53 Å². The summed E-state index contributed by atoms with van der Waals surface area (Å²) in [5, 5.41) is 14.1. The van der Waals surface area contributed by atoms with Gasteiger partial charge in [0.15, 0.2) is 5.69 Å². The van der Waals surface area contributed by atoms with Crippen molar-refractivity contribution in [1.82, 2.24) is 25.6 Å². The third-order valence-electron chi connectivity index (χ3n) is 4.16. The van der Waals surface area contributed by atoms with Crippen LogP contribution in [0.25, 0.3) is 0 Å². The molecule has 3 rings (SSSR count). The Hall–Kier alpha value is -1.47. The monoisotopic (exact) mass is 265 g/mol. The van der Waals surface area contributed by atoms with Gasteiger partial charge in [-0.3, -0.25) is 4.79 Å². The van der Waals surface area contributed by atoms with Crippen molar-refractivity contribution in [3.8, 4) is 0 Å². The molecule has 19 heavy (non-hydrogen) atoms. The summed E-state index contributed by atoms with van der Waals surface area (Å²) in [5.74, 6) is -0.182. The van der Waals surface area contributed by atoms with E-state index in [1.54, 1.807) is 10.9 Å². The second-order valence-corrected chi connectivity index (χ2v) is 5.53. The maximum absolute atomic E-state index is 12.2. The molecule has 0 spiro atoms. The van der Waals surface area contributed by atoms with E-state index in [0.717, 1.165) is 19.5 Å². The molecule has 3 heterocycles. The van der Waals surface area contributed by atoms with Crippen LogP contribution in [-0.2, 0) is 4.74 Å². The highest BCUT2D eigenvalue weighted by molar-refractivity contribution is 5.92. The van der Waals surface area contributed by atoms with Crippen molar-refractivity contribution in [2.45, 2.75) is 38.0 Å². The lowest BCUT2D eigenvalue weighted by Gasteiger charge is -2.28. The van der Waals surface area contributed by atoms with Gasteiger partial charge in [-0.15, -0.1) is 5.10 Å². The summed E-state index contributed by atoms with van der Waals surface area (Å²) >= 11 is 0. The minimum atomic E-state index is -0.321. The first kappa shape index (κ1) is 12.6. The second kappa shape index (κ2) is 4.57. The first-order chi connectivity index (χ1) is 9.08. The molecule has 0 aliphatic carbocycles. The number of rotatable bonds is 3. The molecule has 2 aliphatic rings. The topological polar surface area (TPSA) is 81.1 Å². The zero-order valence-electron chi connectivity index (χ0n) is 11.2. The SMILES string of the molecule is CC1OCCC1(C)NC(=O)c1cn(C2CNC2)nn1. The third-order valence-corrected chi connectivity index (χ3v) is 4.16. The lowest BCUT2D eigenvalue weighted by atomic mass is 9.94. The Morgan fingerprint density at radius 3 is 3.00 bits per heavy atom. The van der Waals surface area contributed by atoms with E-state index in [9.17, 15) is 4.79 Å². The summed E-state index contributed by atoms with van der Waals surface area (Å²) in [6.45, 7) is 6.42. The standard InChI is InChI=1S/C12H19N5O2/c1-8-12(2,3-4-19-8)14-11(18)10-7-17(16-15-10)9-5-13-6-9/h7-9,13H,3-6H2,1-2H3,(H,14,18). The van der Waals surface area contributed by atoms with Gasteiger partial charge in [0.05, 0.1) is 23.9 Å². The van der Waals surface area contributed by atoms with Crippen LogP contribution in [0.15, 0.2) is 6.20 Å². The van der Waals surface area contributed by atoms with Gasteiger partial charge >= 0.3 is 0 Å². The minimum Gasteiger partial charge on any atom is -0.376 e. The number of aromatic nitrogens is 3. The van der Waals surface area contributed by atoms with E-state index in [1.807, 2.05) is 13.8 Å². The fourth-order valence-electron chi connectivity index (χ4n) is 2.34. The number of carbonyl (C=O) groups is 1. The summed E-state index contributed by atoms with van der Waals surface area (Å²) in [6.07, 6.45) is 2.55. The smallest absolute Gasteiger partial charge is 0.273 e. The van der Waals surface area contributed by atoms with Crippen molar-refractivity contribution in [1.29, 1.82) is 0 Å². The van der Waals surface area contributed by atoms with E-state index < -0.39 is 0 Å². The average Bonchev–Trinajstić information content (AvgIpc) is 2.86. The average molecular weight is 265 g/mol. The predicted octanol–water partition coefficient (Wildman–Crippen LogP) is -0.280. The highest BCUT2D eigenvalue weighted by atomic mass is 16.5. The van der Waals surface area contributed by atoms with E-state index >= 15 is 0 Å². The van der Waals surface area contributed by atoms with Gasteiger partial charge in [-0.05, 0) is 20.3 Å². The van der Waals surface area contributed by atoms with Gasteiger partial charge in [-0.1, -0.05) is 5.21 Å². The number of hydrogen-bond donors (Lipinski definition) is 2. The minimum absolute atomic E-state index is 0.0160. The van der Waals surface area contributed by atoms with Crippen LogP contribution in [0.4, 0.5) is 0 Å². The fourth-order valence-corrected chi connectivity index (χ4v) is 2.34. The molecule has 2 aliphatic heterocycles. The number of amides is 1. The zero-order chi connectivity index (χ0) is 13.5. The lowest BCUT2D eigenvalue weighted by Crippen LogP contribution is -2.50. The molecular formula is C12H19N5O2. The molecule has 2 N–H and O–H groups in total. The summed E-state index contributed by atoms with van der Waals surface area (Å²) in [5.41, 5.74) is 0.0473. The van der Waals surface area contributed by atoms with Gasteiger partial charge in [-0.25, -0.2) is 4.68 Å². The van der Waals surface area contributed by atoms with Gasteiger partial charge in [-0.2, -0.15) is 0 Å². The van der Waals surface area contributed by atoms with Gasteiger partial charge in [0.2, 0.25) is 0 Å². The van der Waals surface area contributed by atoms with Crippen molar-refractivity contribution in [2.75, 3.05) is 19.7 Å². The van der Waals surface area contributed by atoms with Crippen LogP contribution in [0.2, 0.25) is 0 Å². The van der Waals surface area contributed by atoms with Gasteiger partial charge in [0.25, 0.3) is 5.91 Å². The molecule has 1 aromatic heterocycles. The molecule has 2 fully saturated rings. The van der Waals surface area contributed by atoms with E-state index in [-0.39, 0.29) is 17.6 Å². The Balaban J connectivity index is 1.68. The van der Waals surface area contributed by atoms with Gasteiger partial charge in [0, 0.05) is 19.7 Å².